The molecule has 0 radical (unpaired) electrons. The third-order valence-electron chi connectivity index (χ3n) is 2.63. The lowest BCUT2D eigenvalue weighted by Gasteiger charge is -2.17. The summed E-state index contributed by atoms with van der Waals surface area (Å²) in [5.41, 5.74) is 3.96. The highest BCUT2D eigenvalue weighted by molar-refractivity contribution is 5.35. The van der Waals surface area contributed by atoms with E-state index in [1.807, 2.05) is 6.07 Å². The molecule has 7 nitrogen and oxygen atoms in total. The first-order valence-electron chi connectivity index (χ1n) is 5.61. The van der Waals surface area contributed by atoms with Gasteiger partial charge < -0.3 is 9.47 Å². The topological polar surface area (TPSA) is 95.2 Å². The minimum Gasteiger partial charge on any atom is -0.495 e. The highest BCUT2D eigenvalue weighted by Crippen LogP contribution is 2.26. The van der Waals surface area contributed by atoms with Crippen LogP contribution in [0.5, 0.6) is 11.6 Å². The largest absolute Gasteiger partial charge is 0.495 e. The summed E-state index contributed by atoms with van der Waals surface area (Å²) in [6.07, 6.45) is 3.08. The Morgan fingerprint density at radius 2 is 2.05 bits per heavy atom. The first-order chi connectivity index (χ1) is 9.30. The summed E-state index contributed by atoms with van der Waals surface area (Å²) in [4.78, 5) is 12.4. The predicted molar refractivity (Wildman–Crippen MR) is 68.5 cm³/mol. The van der Waals surface area contributed by atoms with Crippen molar-refractivity contribution in [2.75, 3.05) is 14.2 Å². The molecule has 1 unspecified atom stereocenters. The number of rotatable bonds is 5. The first-order valence-corrected chi connectivity index (χ1v) is 5.61. The van der Waals surface area contributed by atoms with Crippen molar-refractivity contribution in [3.8, 4) is 11.6 Å². The molecule has 0 aliphatic heterocycles. The minimum atomic E-state index is -0.409. The van der Waals surface area contributed by atoms with Crippen LogP contribution in [0.25, 0.3) is 0 Å². The maximum atomic E-state index is 5.61. The Kier molecular flexibility index (Phi) is 4.22. The number of nitrogens with one attached hydrogen (secondary N) is 1. The van der Waals surface area contributed by atoms with Gasteiger partial charge in [-0.05, 0) is 12.1 Å². The molecule has 0 fully saturated rings. The van der Waals surface area contributed by atoms with Crippen molar-refractivity contribution in [2.45, 2.75) is 6.04 Å². The molecule has 7 heteroatoms. The van der Waals surface area contributed by atoms with Crippen molar-refractivity contribution in [1.82, 2.24) is 20.4 Å². The molecule has 0 saturated carbocycles. The van der Waals surface area contributed by atoms with Gasteiger partial charge in [-0.1, -0.05) is 0 Å². The van der Waals surface area contributed by atoms with E-state index in [2.05, 4.69) is 20.4 Å². The second-order valence-electron chi connectivity index (χ2n) is 3.68. The van der Waals surface area contributed by atoms with E-state index in [1.54, 1.807) is 32.5 Å². The Morgan fingerprint density at radius 1 is 1.21 bits per heavy atom. The summed E-state index contributed by atoms with van der Waals surface area (Å²) in [6, 6.07) is 4.88. The Labute approximate surface area is 110 Å². The fraction of sp³-hybridized carbons (Fsp3) is 0.250. The van der Waals surface area contributed by atoms with Crippen molar-refractivity contribution in [1.29, 1.82) is 0 Å². The van der Waals surface area contributed by atoms with Crippen LogP contribution in [-0.2, 0) is 0 Å². The Bertz CT molecular complexity index is 549. The van der Waals surface area contributed by atoms with Gasteiger partial charge in [-0.15, -0.1) is 0 Å². The van der Waals surface area contributed by atoms with Crippen molar-refractivity contribution in [2.24, 2.45) is 5.84 Å². The number of hydrazine groups is 1. The average molecular weight is 261 g/mol. The summed E-state index contributed by atoms with van der Waals surface area (Å²) in [6.45, 7) is 0. The molecule has 0 aliphatic carbocycles. The molecular weight excluding hydrogens is 246 g/mol. The average Bonchev–Trinajstić information content (AvgIpc) is 2.49. The lowest BCUT2D eigenvalue weighted by molar-refractivity contribution is 0.391. The van der Waals surface area contributed by atoms with E-state index < -0.39 is 6.04 Å². The number of aromatic nitrogens is 3. The highest BCUT2D eigenvalue weighted by Gasteiger charge is 2.20. The minimum absolute atomic E-state index is 0.409. The lowest BCUT2D eigenvalue weighted by atomic mass is 10.1. The van der Waals surface area contributed by atoms with Gasteiger partial charge in [0.2, 0.25) is 5.88 Å². The van der Waals surface area contributed by atoms with E-state index in [1.165, 1.54) is 6.33 Å². The number of nitrogens with zero attached hydrogens (tertiary/aromatic N) is 3. The number of nitrogens with two attached hydrogens (primary N) is 1. The number of pyridine rings is 1. The van der Waals surface area contributed by atoms with Gasteiger partial charge in [-0.2, -0.15) is 0 Å². The summed E-state index contributed by atoms with van der Waals surface area (Å²) < 4.78 is 10.3. The van der Waals surface area contributed by atoms with E-state index >= 15 is 0 Å². The van der Waals surface area contributed by atoms with Crippen molar-refractivity contribution >= 4 is 0 Å². The zero-order chi connectivity index (χ0) is 13.7. The molecule has 0 saturated heterocycles. The van der Waals surface area contributed by atoms with Crippen molar-refractivity contribution in [3.05, 3.63) is 42.1 Å². The predicted octanol–water partition coefficient (Wildman–Crippen LogP) is 0.441. The van der Waals surface area contributed by atoms with Gasteiger partial charge in [-0.3, -0.25) is 10.8 Å². The number of ether oxygens (including phenoxy) is 2. The summed E-state index contributed by atoms with van der Waals surface area (Å²) in [7, 11) is 3.12. The van der Waals surface area contributed by atoms with Crippen LogP contribution >= 0.6 is 0 Å². The molecule has 0 aliphatic rings. The fourth-order valence-corrected chi connectivity index (χ4v) is 1.72. The van der Waals surface area contributed by atoms with Gasteiger partial charge in [0.15, 0.2) is 0 Å². The van der Waals surface area contributed by atoms with Crippen molar-refractivity contribution < 1.29 is 9.47 Å². The van der Waals surface area contributed by atoms with Gasteiger partial charge in [0.1, 0.15) is 23.8 Å². The molecule has 1 atom stereocenters. The molecule has 2 heterocycles. The molecule has 3 N–H and O–H groups in total. The second kappa shape index (κ2) is 6.07. The van der Waals surface area contributed by atoms with Gasteiger partial charge >= 0.3 is 0 Å². The molecule has 19 heavy (non-hydrogen) atoms. The van der Waals surface area contributed by atoms with Crippen LogP contribution < -0.4 is 20.7 Å². The Morgan fingerprint density at radius 3 is 2.74 bits per heavy atom. The quantitative estimate of drug-likeness (QED) is 0.595. The summed E-state index contributed by atoms with van der Waals surface area (Å²) in [5, 5.41) is 0. The molecule has 2 rings (SSSR count). The van der Waals surface area contributed by atoms with Crippen LogP contribution in [0.1, 0.15) is 17.4 Å². The van der Waals surface area contributed by atoms with Crippen LogP contribution in [0.15, 0.2) is 30.7 Å². The monoisotopic (exact) mass is 261 g/mol. The van der Waals surface area contributed by atoms with Gasteiger partial charge in [-0.25, -0.2) is 15.4 Å². The zero-order valence-electron chi connectivity index (χ0n) is 10.7. The van der Waals surface area contributed by atoms with Crippen LogP contribution in [-0.4, -0.2) is 29.2 Å². The van der Waals surface area contributed by atoms with Gasteiger partial charge in [0, 0.05) is 12.3 Å². The van der Waals surface area contributed by atoms with E-state index in [4.69, 9.17) is 15.3 Å². The van der Waals surface area contributed by atoms with E-state index in [0.717, 1.165) is 0 Å². The molecule has 2 aromatic heterocycles. The molecule has 100 valence electrons. The summed E-state index contributed by atoms with van der Waals surface area (Å²) in [5.74, 6) is 6.69. The standard InChI is InChI=1S/C12H15N5O2/c1-18-9-4-3-5-14-12(9)11(17-13)8-6-10(19-2)16-7-15-8/h3-7,11,17H,13H2,1-2H3. The van der Waals surface area contributed by atoms with Gasteiger partial charge in [0.25, 0.3) is 0 Å². The fourth-order valence-electron chi connectivity index (χ4n) is 1.72. The first kappa shape index (κ1) is 13.2. The van der Waals surface area contributed by atoms with Crippen molar-refractivity contribution in [3.63, 3.8) is 0 Å². The smallest absolute Gasteiger partial charge is 0.216 e. The maximum Gasteiger partial charge on any atom is 0.216 e. The second-order valence-corrected chi connectivity index (χ2v) is 3.68. The SMILES string of the molecule is COc1cc(C(NN)c2ncccc2OC)ncn1. The van der Waals surface area contributed by atoms with Gasteiger partial charge in [0.05, 0.1) is 19.9 Å². The van der Waals surface area contributed by atoms with Crippen LogP contribution in [0.4, 0.5) is 0 Å². The Hall–Kier alpha value is -2.25. The molecule has 0 spiro atoms. The third-order valence-corrected chi connectivity index (χ3v) is 2.63. The van der Waals surface area contributed by atoms with E-state index in [0.29, 0.717) is 23.0 Å². The zero-order valence-corrected chi connectivity index (χ0v) is 10.7. The van der Waals surface area contributed by atoms with E-state index in [-0.39, 0.29) is 0 Å². The normalized spacial score (nSPS) is 11.9. The number of hydrogen-bond acceptors (Lipinski definition) is 7. The summed E-state index contributed by atoms with van der Waals surface area (Å²) >= 11 is 0. The molecule has 0 amide bonds. The Balaban J connectivity index is 2.43. The molecule has 2 aromatic rings. The number of hydrogen-bond donors (Lipinski definition) is 2. The molecule has 0 aromatic carbocycles. The molecule has 0 bridgehead atoms. The highest BCUT2D eigenvalue weighted by atomic mass is 16.5. The van der Waals surface area contributed by atoms with Crippen LogP contribution in [0.2, 0.25) is 0 Å². The third kappa shape index (κ3) is 2.78. The van der Waals surface area contributed by atoms with E-state index in [9.17, 15) is 0 Å². The van der Waals surface area contributed by atoms with Crippen LogP contribution in [0, 0.1) is 0 Å². The maximum absolute atomic E-state index is 5.61. The lowest BCUT2D eigenvalue weighted by Crippen LogP contribution is -2.30. The van der Waals surface area contributed by atoms with Crippen LogP contribution in [0.3, 0.4) is 0 Å². The molecular formula is C12H15N5O2. The number of methoxy groups -OCH3 is 2.